The Morgan fingerprint density at radius 1 is 1.20 bits per heavy atom. The molecule has 0 radical (unpaired) electrons. The molecule has 2 nitrogen and oxygen atoms in total. The third kappa shape index (κ3) is 2.54. The zero-order chi connectivity index (χ0) is 10.8. The van der Waals surface area contributed by atoms with Crippen LogP contribution >= 0.6 is 0 Å². The van der Waals surface area contributed by atoms with Gasteiger partial charge in [-0.15, -0.1) is 0 Å². The Labute approximate surface area is 94.2 Å². The molecule has 1 saturated heterocycles. The molecule has 1 aliphatic carbocycles. The molecule has 1 aliphatic heterocycles. The first-order valence-electron chi connectivity index (χ1n) is 6.68. The second-order valence-electron chi connectivity index (χ2n) is 5.73. The van der Waals surface area contributed by atoms with E-state index in [-0.39, 0.29) is 0 Å². The molecule has 1 heterocycles. The first kappa shape index (κ1) is 11.4. The first-order valence-corrected chi connectivity index (χ1v) is 6.68. The standard InChI is InChI=1S/C13H26N2/c1-10(11(2)14)9-15-8-7-12-5-3-4-6-13(12)15/h10-13H,3-9,14H2,1-2H3. The van der Waals surface area contributed by atoms with Crippen LogP contribution in [0.5, 0.6) is 0 Å². The normalized spacial score (nSPS) is 36.2. The smallest absolute Gasteiger partial charge is 0.0124 e. The predicted molar refractivity (Wildman–Crippen MR) is 64.7 cm³/mol. The quantitative estimate of drug-likeness (QED) is 0.774. The molecule has 2 aliphatic rings. The van der Waals surface area contributed by atoms with Crippen molar-refractivity contribution in [3.8, 4) is 0 Å². The van der Waals surface area contributed by atoms with E-state index in [4.69, 9.17) is 5.73 Å². The number of fused-ring (bicyclic) bond motifs is 1. The van der Waals surface area contributed by atoms with E-state index in [1.807, 2.05) is 0 Å². The van der Waals surface area contributed by atoms with Gasteiger partial charge in [-0.05, 0) is 44.6 Å². The van der Waals surface area contributed by atoms with Gasteiger partial charge in [0.05, 0.1) is 0 Å². The van der Waals surface area contributed by atoms with Gasteiger partial charge in [-0.1, -0.05) is 19.8 Å². The Kier molecular flexibility index (Phi) is 3.68. The third-order valence-corrected chi connectivity index (χ3v) is 4.55. The van der Waals surface area contributed by atoms with Crippen molar-refractivity contribution < 1.29 is 0 Å². The second kappa shape index (κ2) is 4.84. The van der Waals surface area contributed by atoms with Crippen molar-refractivity contribution in [2.75, 3.05) is 13.1 Å². The summed E-state index contributed by atoms with van der Waals surface area (Å²) >= 11 is 0. The number of likely N-dealkylation sites (tertiary alicyclic amines) is 1. The van der Waals surface area contributed by atoms with Gasteiger partial charge in [-0.2, -0.15) is 0 Å². The van der Waals surface area contributed by atoms with Gasteiger partial charge in [0.25, 0.3) is 0 Å². The summed E-state index contributed by atoms with van der Waals surface area (Å²) in [5.41, 5.74) is 5.96. The predicted octanol–water partition coefficient (Wildman–Crippen LogP) is 2.23. The van der Waals surface area contributed by atoms with Crippen molar-refractivity contribution >= 4 is 0 Å². The van der Waals surface area contributed by atoms with E-state index in [1.165, 1.54) is 45.2 Å². The van der Waals surface area contributed by atoms with Crippen LogP contribution in [0.2, 0.25) is 0 Å². The van der Waals surface area contributed by atoms with Crippen molar-refractivity contribution in [2.45, 2.75) is 58.0 Å². The van der Waals surface area contributed by atoms with Crippen molar-refractivity contribution in [1.82, 2.24) is 4.90 Å². The molecule has 2 N–H and O–H groups in total. The minimum atomic E-state index is 0.340. The van der Waals surface area contributed by atoms with Crippen molar-refractivity contribution in [3.05, 3.63) is 0 Å². The highest BCUT2D eigenvalue weighted by atomic mass is 15.2. The highest BCUT2D eigenvalue weighted by Crippen LogP contribution is 2.36. The Morgan fingerprint density at radius 2 is 1.93 bits per heavy atom. The number of rotatable bonds is 3. The number of hydrogen-bond donors (Lipinski definition) is 1. The Balaban J connectivity index is 1.87. The Hall–Kier alpha value is -0.0800. The van der Waals surface area contributed by atoms with Gasteiger partial charge in [0, 0.05) is 18.6 Å². The molecule has 0 amide bonds. The number of nitrogens with zero attached hydrogens (tertiary/aromatic N) is 1. The zero-order valence-corrected chi connectivity index (χ0v) is 10.3. The molecular weight excluding hydrogens is 184 g/mol. The SMILES string of the molecule is CC(N)C(C)CN1CCC2CCCCC21. The lowest BCUT2D eigenvalue weighted by Crippen LogP contribution is -2.41. The fraction of sp³-hybridized carbons (Fsp3) is 1.00. The summed E-state index contributed by atoms with van der Waals surface area (Å²) < 4.78 is 0. The van der Waals surface area contributed by atoms with Gasteiger partial charge >= 0.3 is 0 Å². The van der Waals surface area contributed by atoms with E-state index < -0.39 is 0 Å². The molecule has 0 aromatic rings. The molecular formula is C13H26N2. The zero-order valence-electron chi connectivity index (χ0n) is 10.3. The summed E-state index contributed by atoms with van der Waals surface area (Å²) in [6, 6.07) is 1.24. The van der Waals surface area contributed by atoms with Crippen LogP contribution in [0.4, 0.5) is 0 Å². The van der Waals surface area contributed by atoms with Crippen LogP contribution in [0.1, 0.15) is 46.0 Å². The monoisotopic (exact) mass is 210 g/mol. The van der Waals surface area contributed by atoms with E-state index in [9.17, 15) is 0 Å². The molecule has 2 rings (SSSR count). The summed E-state index contributed by atoms with van der Waals surface area (Å²) in [4.78, 5) is 2.72. The minimum absolute atomic E-state index is 0.340. The summed E-state index contributed by atoms with van der Waals surface area (Å²) in [5, 5.41) is 0. The summed E-state index contributed by atoms with van der Waals surface area (Å²) in [6.45, 7) is 6.98. The van der Waals surface area contributed by atoms with Crippen LogP contribution in [0.15, 0.2) is 0 Å². The molecule has 4 unspecified atom stereocenters. The maximum atomic E-state index is 5.96. The minimum Gasteiger partial charge on any atom is -0.328 e. The molecule has 15 heavy (non-hydrogen) atoms. The van der Waals surface area contributed by atoms with Gasteiger partial charge in [0.2, 0.25) is 0 Å². The third-order valence-electron chi connectivity index (χ3n) is 4.55. The van der Waals surface area contributed by atoms with Crippen molar-refractivity contribution in [3.63, 3.8) is 0 Å². The van der Waals surface area contributed by atoms with Crippen molar-refractivity contribution in [1.29, 1.82) is 0 Å². The van der Waals surface area contributed by atoms with Gasteiger partial charge in [-0.25, -0.2) is 0 Å². The van der Waals surface area contributed by atoms with E-state index in [0.29, 0.717) is 12.0 Å². The average molecular weight is 210 g/mol. The lowest BCUT2D eigenvalue weighted by molar-refractivity contribution is 0.157. The molecule has 0 aromatic carbocycles. The average Bonchev–Trinajstić information content (AvgIpc) is 2.62. The molecule has 2 heteroatoms. The van der Waals surface area contributed by atoms with Crippen LogP contribution in [0.3, 0.4) is 0 Å². The van der Waals surface area contributed by atoms with Gasteiger partial charge < -0.3 is 5.73 Å². The Morgan fingerprint density at radius 3 is 2.67 bits per heavy atom. The maximum Gasteiger partial charge on any atom is 0.0124 e. The van der Waals surface area contributed by atoms with Crippen molar-refractivity contribution in [2.24, 2.45) is 17.6 Å². The van der Waals surface area contributed by atoms with Crippen LogP contribution in [-0.4, -0.2) is 30.1 Å². The van der Waals surface area contributed by atoms with E-state index in [2.05, 4.69) is 18.7 Å². The fourth-order valence-corrected chi connectivity index (χ4v) is 3.27. The first-order chi connectivity index (χ1) is 7.18. The lowest BCUT2D eigenvalue weighted by Gasteiger charge is -2.33. The molecule has 0 aromatic heterocycles. The molecule has 0 bridgehead atoms. The van der Waals surface area contributed by atoms with Gasteiger partial charge in [0.1, 0.15) is 0 Å². The number of nitrogens with two attached hydrogens (primary N) is 1. The topological polar surface area (TPSA) is 29.3 Å². The summed E-state index contributed by atoms with van der Waals surface area (Å²) in [7, 11) is 0. The number of hydrogen-bond acceptors (Lipinski definition) is 2. The fourth-order valence-electron chi connectivity index (χ4n) is 3.27. The molecule has 0 spiro atoms. The molecule has 88 valence electrons. The van der Waals surface area contributed by atoms with E-state index >= 15 is 0 Å². The molecule has 2 fully saturated rings. The van der Waals surface area contributed by atoms with Crippen LogP contribution in [0, 0.1) is 11.8 Å². The van der Waals surface area contributed by atoms with E-state index in [1.54, 1.807) is 0 Å². The summed E-state index contributed by atoms with van der Waals surface area (Å²) in [6.07, 6.45) is 7.28. The maximum absolute atomic E-state index is 5.96. The van der Waals surface area contributed by atoms with Gasteiger partial charge in [-0.3, -0.25) is 4.90 Å². The Bertz CT molecular complexity index is 203. The van der Waals surface area contributed by atoms with Crippen LogP contribution in [-0.2, 0) is 0 Å². The second-order valence-corrected chi connectivity index (χ2v) is 5.73. The van der Waals surface area contributed by atoms with E-state index in [0.717, 1.165) is 12.0 Å². The van der Waals surface area contributed by atoms with Crippen LogP contribution < -0.4 is 5.73 Å². The van der Waals surface area contributed by atoms with Gasteiger partial charge in [0.15, 0.2) is 0 Å². The highest BCUT2D eigenvalue weighted by Gasteiger charge is 2.35. The summed E-state index contributed by atoms with van der Waals surface area (Å²) in [5.74, 6) is 1.66. The lowest BCUT2D eigenvalue weighted by atomic mass is 9.85. The molecule has 1 saturated carbocycles. The molecule has 4 atom stereocenters. The highest BCUT2D eigenvalue weighted by molar-refractivity contribution is 4.90. The van der Waals surface area contributed by atoms with Crippen LogP contribution in [0.25, 0.3) is 0 Å². The largest absolute Gasteiger partial charge is 0.328 e.